The van der Waals surface area contributed by atoms with Gasteiger partial charge in [-0.05, 0) is 23.2 Å². The first-order valence-electron chi connectivity index (χ1n) is 3.94. The van der Waals surface area contributed by atoms with Crippen LogP contribution >= 0.6 is 11.5 Å². The first-order valence-corrected chi connectivity index (χ1v) is 6.54. The quantitative estimate of drug-likeness (QED) is 0.787. The van der Waals surface area contributed by atoms with E-state index in [-0.39, 0.29) is 5.75 Å². The molecule has 1 heterocycles. The summed E-state index contributed by atoms with van der Waals surface area (Å²) in [5.74, 6) is -0.0250. The van der Waals surface area contributed by atoms with Crippen LogP contribution in [0.15, 0.2) is 24.4 Å². The second-order valence-electron chi connectivity index (χ2n) is 3.04. The number of hydrogen-bond acceptors (Lipinski definition) is 4. The third-order valence-corrected chi connectivity index (χ3v) is 3.38. The van der Waals surface area contributed by atoms with E-state index in [2.05, 4.69) is 10.6 Å². The highest BCUT2D eigenvalue weighted by molar-refractivity contribution is 7.91. The summed E-state index contributed by atoms with van der Waals surface area (Å²) in [4.78, 5) is 0. The van der Waals surface area contributed by atoms with Crippen LogP contribution in [0.4, 0.5) is 0 Å². The van der Waals surface area contributed by atoms with E-state index in [1.165, 1.54) is 11.5 Å². The van der Waals surface area contributed by atoms with Gasteiger partial charge >= 0.3 is 0 Å². The monoisotopic (exact) mass is 226 g/mol. The molecule has 0 aliphatic rings. The van der Waals surface area contributed by atoms with Crippen molar-refractivity contribution in [2.24, 2.45) is 0 Å². The molecule has 0 unspecified atom stereocenters. The zero-order chi connectivity index (χ0) is 10.2. The smallest absolute Gasteiger partial charge is 0.155 e. The molecule has 0 fully saturated rings. The predicted molar refractivity (Wildman–Crippen MR) is 57.6 cm³/mol. The van der Waals surface area contributed by atoms with Gasteiger partial charge in [0, 0.05) is 11.6 Å². The zero-order valence-corrected chi connectivity index (χ0v) is 8.94. The Balaban J connectivity index is 2.57. The number of hydrogen-bond donors (Lipinski definition) is 0. The first-order chi connectivity index (χ1) is 6.56. The minimum Gasteiger partial charge on any atom is -0.228 e. The van der Waals surface area contributed by atoms with Gasteiger partial charge in [-0.1, -0.05) is 12.1 Å². The average Bonchev–Trinajstić information content (AvgIpc) is 2.49. The van der Waals surface area contributed by atoms with Crippen molar-refractivity contribution in [3.05, 3.63) is 36.2 Å². The maximum atomic E-state index is 11.0. The van der Waals surface area contributed by atoms with E-state index in [9.17, 15) is 8.42 Å². The van der Waals surface area contributed by atoms with Gasteiger partial charge in [0.1, 0.15) is 0 Å². The van der Waals surface area contributed by atoms with E-state index in [0.717, 1.165) is 15.6 Å². The van der Waals surface area contributed by atoms with Gasteiger partial charge in [-0.3, -0.25) is 0 Å². The van der Waals surface area contributed by atoms with Gasteiger partial charge in [-0.2, -0.15) is 4.37 Å². The SMILES string of the molecule is [CH2]S(=O)(=O)Cc1cccc2sncc12. The molecule has 1 aromatic carbocycles. The molecule has 1 aromatic heterocycles. The molecule has 0 bridgehead atoms. The fourth-order valence-corrected chi connectivity index (χ4v) is 2.73. The van der Waals surface area contributed by atoms with Crippen LogP contribution in [0.1, 0.15) is 5.56 Å². The summed E-state index contributed by atoms with van der Waals surface area (Å²) >= 11 is 1.36. The lowest BCUT2D eigenvalue weighted by Crippen LogP contribution is -1.98. The predicted octanol–water partition coefficient (Wildman–Crippen LogP) is 2.00. The van der Waals surface area contributed by atoms with E-state index in [0.29, 0.717) is 0 Å². The van der Waals surface area contributed by atoms with Gasteiger partial charge in [0.2, 0.25) is 0 Å². The molecular weight excluding hydrogens is 218 g/mol. The molecule has 1 radical (unpaired) electrons. The Morgan fingerprint density at radius 1 is 1.43 bits per heavy atom. The molecule has 0 spiro atoms. The molecular formula is C9H8NO2S2. The van der Waals surface area contributed by atoms with Crippen molar-refractivity contribution in [2.75, 3.05) is 0 Å². The van der Waals surface area contributed by atoms with Gasteiger partial charge < -0.3 is 0 Å². The van der Waals surface area contributed by atoms with Crippen molar-refractivity contribution in [2.45, 2.75) is 5.75 Å². The lowest BCUT2D eigenvalue weighted by molar-refractivity contribution is 0.604. The van der Waals surface area contributed by atoms with Crippen molar-refractivity contribution in [3.8, 4) is 0 Å². The molecule has 0 saturated heterocycles. The van der Waals surface area contributed by atoms with E-state index >= 15 is 0 Å². The number of sulfone groups is 1. The molecule has 3 nitrogen and oxygen atoms in total. The molecule has 2 aromatic rings. The summed E-state index contributed by atoms with van der Waals surface area (Å²) in [5, 5.41) is 0.907. The number of rotatable bonds is 2. The van der Waals surface area contributed by atoms with Gasteiger partial charge in [0.15, 0.2) is 9.84 Å². The third kappa shape index (κ3) is 1.93. The number of fused-ring (bicyclic) bond motifs is 1. The third-order valence-electron chi connectivity index (χ3n) is 1.86. The molecule has 0 atom stereocenters. The summed E-state index contributed by atoms with van der Waals surface area (Å²) in [6.45, 7) is 0. The molecule has 0 amide bonds. The number of nitrogens with zero attached hydrogens (tertiary/aromatic N) is 1. The molecule has 2 rings (SSSR count). The molecule has 0 aliphatic heterocycles. The molecule has 0 aliphatic carbocycles. The molecule has 5 heteroatoms. The van der Waals surface area contributed by atoms with Crippen LogP contribution in [0.5, 0.6) is 0 Å². The van der Waals surface area contributed by atoms with Gasteiger partial charge in [-0.25, -0.2) is 8.42 Å². The van der Waals surface area contributed by atoms with Crippen LogP contribution in [-0.2, 0) is 15.6 Å². The van der Waals surface area contributed by atoms with Crippen molar-refractivity contribution in [1.82, 2.24) is 4.37 Å². The maximum Gasteiger partial charge on any atom is 0.155 e. The fourth-order valence-electron chi connectivity index (χ4n) is 1.31. The highest BCUT2D eigenvalue weighted by atomic mass is 32.2. The highest BCUT2D eigenvalue weighted by Gasteiger charge is 2.08. The van der Waals surface area contributed by atoms with E-state index in [1.807, 2.05) is 12.1 Å². The van der Waals surface area contributed by atoms with Crippen LogP contribution in [-0.4, -0.2) is 12.8 Å². The van der Waals surface area contributed by atoms with Crippen molar-refractivity contribution < 1.29 is 8.42 Å². The molecule has 0 N–H and O–H groups in total. The fraction of sp³-hybridized carbons (Fsp3) is 0.111. The topological polar surface area (TPSA) is 47.0 Å². The molecule has 14 heavy (non-hydrogen) atoms. The molecule has 73 valence electrons. The Bertz CT molecular complexity index is 557. The van der Waals surface area contributed by atoms with Crippen LogP contribution in [0.3, 0.4) is 0 Å². The number of benzene rings is 1. The zero-order valence-electron chi connectivity index (χ0n) is 7.30. The number of aromatic nitrogens is 1. The van der Waals surface area contributed by atoms with Crippen LogP contribution in [0, 0.1) is 6.26 Å². The minimum atomic E-state index is -3.22. The maximum absolute atomic E-state index is 11.0. The van der Waals surface area contributed by atoms with Crippen molar-refractivity contribution >= 4 is 31.5 Å². The Kier molecular flexibility index (Phi) is 2.28. The standard InChI is InChI=1S/C9H8NO2S2/c1-14(11,12)6-7-3-2-4-9-8(7)5-10-13-9/h2-5H,1,6H2. The Morgan fingerprint density at radius 3 is 2.93 bits per heavy atom. The summed E-state index contributed by atoms with van der Waals surface area (Å²) < 4.78 is 27.1. The average molecular weight is 226 g/mol. The highest BCUT2D eigenvalue weighted by Crippen LogP contribution is 2.23. The van der Waals surface area contributed by atoms with Crippen LogP contribution in [0.2, 0.25) is 0 Å². The lowest BCUT2D eigenvalue weighted by atomic mass is 10.2. The summed E-state index contributed by atoms with van der Waals surface area (Å²) in [6.07, 6.45) is 4.81. The van der Waals surface area contributed by atoms with E-state index in [4.69, 9.17) is 0 Å². The van der Waals surface area contributed by atoms with Crippen molar-refractivity contribution in [1.29, 1.82) is 0 Å². The summed E-state index contributed by atoms with van der Waals surface area (Å²) in [7, 11) is -3.22. The Hall–Kier alpha value is -0.940. The van der Waals surface area contributed by atoms with Crippen LogP contribution in [0.25, 0.3) is 10.1 Å². The Labute approximate surface area is 86.5 Å². The summed E-state index contributed by atoms with van der Waals surface area (Å²) in [5.41, 5.74) is 0.770. The van der Waals surface area contributed by atoms with E-state index in [1.54, 1.807) is 12.3 Å². The van der Waals surface area contributed by atoms with Crippen LogP contribution < -0.4 is 0 Å². The summed E-state index contributed by atoms with van der Waals surface area (Å²) in [6, 6.07) is 5.55. The normalized spacial score (nSPS) is 12.1. The largest absolute Gasteiger partial charge is 0.228 e. The van der Waals surface area contributed by atoms with Gasteiger partial charge in [0.05, 0.1) is 16.7 Å². The Morgan fingerprint density at radius 2 is 2.21 bits per heavy atom. The van der Waals surface area contributed by atoms with Gasteiger partial charge in [0.25, 0.3) is 0 Å². The lowest BCUT2D eigenvalue weighted by Gasteiger charge is -1.99. The van der Waals surface area contributed by atoms with E-state index < -0.39 is 9.84 Å². The second-order valence-corrected chi connectivity index (χ2v) is 5.65. The minimum absolute atomic E-state index is 0.0250. The van der Waals surface area contributed by atoms with Gasteiger partial charge in [-0.15, -0.1) is 0 Å². The van der Waals surface area contributed by atoms with Crippen molar-refractivity contribution in [3.63, 3.8) is 0 Å². The first kappa shape index (κ1) is 9.61. The second kappa shape index (κ2) is 3.33. The molecule has 0 saturated carbocycles.